The molecule has 0 atom stereocenters. The van der Waals surface area contributed by atoms with Crippen molar-refractivity contribution in [3.8, 4) is 0 Å². The number of amides is 1. The Kier molecular flexibility index (Phi) is 5.39. The predicted octanol–water partition coefficient (Wildman–Crippen LogP) is 0.382. The maximum Gasteiger partial charge on any atom is 0.332 e. The highest BCUT2D eigenvalue weighted by atomic mass is 16.6. The molecule has 1 amide bonds. The number of carbonyl (C=O) groups is 1. The molecule has 3 rings (SSSR count). The second-order valence-electron chi connectivity index (χ2n) is 6.26. The number of anilines is 1. The molecule has 0 saturated carbocycles. The van der Waals surface area contributed by atoms with Gasteiger partial charge in [0.1, 0.15) is 11.3 Å². The molecule has 2 heterocycles. The summed E-state index contributed by atoms with van der Waals surface area (Å²) in [6.45, 7) is 0.654. The Morgan fingerprint density at radius 2 is 1.76 bits per heavy atom. The zero-order valence-electron chi connectivity index (χ0n) is 15.7. The molecule has 0 unspecified atom stereocenters. The monoisotopic (exact) mass is 398 g/mol. The van der Waals surface area contributed by atoms with E-state index in [1.807, 2.05) is 0 Å². The number of non-ortho nitro benzene ring substituents is 1. The standard InChI is InChI=1S/C18H18N6O5/c1-22-15-13(17(26)23(2)18(22)27)7-8-14(21-15)16(25)20-10-9-19-11-3-5-12(6-4-11)24(28)29/h3-8,19H,9-10H2,1-2H3,(H,20,25). The summed E-state index contributed by atoms with van der Waals surface area (Å²) >= 11 is 0. The molecule has 0 aliphatic heterocycles. The molecule has 0 spiro atoms. The summed E-state index contributed by atoms with van der Waals surface area (Å²) in [6.07, 6.45) is 0. The highest BCUT2D eigenvalue weighted by Gasteiger charge is 2.13. The van der Waals surface area contributed by atoms with Crippen LogP contribution >= 0.6 is 0 Å². The van der Waals surface area contributed by atoms with E-state index in [0.29, 0.717) is 12.2 Å². The summed E-state index contributed by atoms with van der Waals surface area (Å²) in [4.78, 5) is 50.8. The number of nitro groups is 1. The van der Waals surface area contributed by atoms with Gasteiger partial charge in [0.2, 0.25) is 0 Å². The molecule has 11 nitrogen and oxygen atoms in total. The first-order chi connectivity index (χ1) is 13.8. The van der Waals surface area contributed by atoms with Gasteiger partial charge in [0.25, 0.3) is 17.2 Å². The third kappa shape index (κ3) is 3.98. The fourth-order valence-corrected chi connectivity index (χ4v) is 2.76. The second-order valence-corrected chi connectivity index (χ2v) is 6.26. The van der Waals surface area contributed by atoms with Gasteiger partial charge in [-0.15, -0.1) is 0 Å². The molecule has 3 aromatic rings. The van der Waals surface area contributed by atoms with Crippen molar-refractivity contribution in [2.75, 3.05) is 18.4 Å². The molecule has 0 aliphatic carbocycles. The molecule has 2 N–H and O–H groups in total. The smallest absolute Gasteiger partial charge is 0.332 e. The minimum atomic E-state index is -0.528. The van der Waals surface area contributed by atoms with Crippen molar-refractivity contribution in [3.63, 3.8) is 0 Å². The van der Waals surface area contributed by atoms with E-state index in [9.17, 15) is 24.5 Å². The van der Waals surface area contributed by atoms with Gasteiger partial charge in [-0.05, 0) is 24.3 Å². The Morgan fingerprint density at radius 1 is 1.07 bits per heavy atom. The first-order valence-electron chi connectivity index (χ1n) is 8.63. The highest BCUT2D eigenvalue weighted by Crippen LogP contribution is 2.14. The molecule has 1 aromatic carbocycles. The van der Waals surface area contributed by atoms with Gasteiger partial charge >= 0.3 is 5.69 Å². The molecule has 11 heteroatoms. The second kappa shape index (κ2) is 7.92. The average Bonchev–Trinajstić information content (AvgIpc) is 2.73. The van der Waals surface area contributed by atoms with Crippen LogP contribution in [0.1, 0.15) is 10.5 Å². The highest BCUT2D eigenvalue weighted by molar-refractivity contribution is 5.94. The molecule has 0 fully saturated rings. The van der Waals surface area contributed by atoms with Crippen molar-refractivity contribution in [2.45, 2.75) is 0 Å². The van der Waals surface area contributed by atoms with Crippen LogP contribution in [0.4, 0.5) is 11.4 Å². The summed E-state index contributed by atoms with van der Waals surface area (Å²) in [6, 6.07) is 8.81. The van der Waals surface area contributed by atoms with Crippen molar-refractivity contribution in [2.24, 2.45) is 14.1 Å². The quantitative estimate of drug-likeness (QED) is 0.347. The Hall–Kier alpha value is -4.02. The molecular weight excluding hydrogens is 380 g/mol. The number of pyridine rings is 1. The first kappa shape index (κ1) is 19.7. The van der Waals surface area contributed by atoms with Crippen molar-refractivity contribution < 1.29 is 9.72 Å². The zero-order chi connectivity index (χ0) is 21.1. The lowest BCUT2D eigenvalue weighted by Gasteiger charge is -2.09. The molecular formula is C18H18N6O5. The molecule has 0 bridgehead atoms. The Balaban J connectivity index is 1.65. The number of aryl methyl sites for hydroxylation is 1. The van der Waals surface area contributed by atoms with Crippen molar-refractivity contribution in [3.05, 3.63) is 73.0 Å². The van der Waals surface area contributed by atoms with Crippen LogP contribution < -0.4 is 21.9 Å². The molecule has 29 heavy (non-hydrogen) atoms. The van der Waals surface area contributed by atoms with E-state index in [1.54, 1.807) is 12.1 Å². The van der Waals surface area contributed by atoms with Gasteiger partial charge in [-0.2, -0.15) is 0 Å². The lowest BCUT2D eigenvalue weighted by Crippen LogP contribution is -2.37. The fourth-order valence-electron chi connectivity index (χ4n) is 2.76. The topological polar surface area (TPSA) is 141 Å². The number of benzene rings is 1. The number of fused-ring (bicyclic) bond motifs is 1. The molecule has 0 radical (unpaired) electrons. The minimum Gasteiger partial charge on any atom is -0.383 e. The van der Waals surface area contributed by atoms with Gasteiger partial charge in [-0.1, -0.05) is 0 Å². The Bertz CT molecular complexity index is 1210. The third-order valence-electron chi connectivity index (χ3n) is 4.35. The maximum atomic E-state index is 12.3. The zero-order valence-corrected chi connectivity index (χ0v) is 15.7. The number of nitrogens with zero attached hydrogens (tertiary/aromatic N) is 4. The SMILES string of the molecule is Cn1c(=O)c2ccc(C(=O)NCCNc3ccc([N+](=O)[O-])cc3)nc2n(C)c1=O. The van der Waals surface area contributed by atoms with Crippen molar-refractivity contribution in [1.82, 2.24) is 19.4 Å². The predicted molar refractivity (Wildman–Crippen MR) is 106 cm³/mol. The molecule has 0 aliphatic rings. The van der Waals surface area contributed by atoms with Crippen LogP contribution in [0, 0.1) is 10.1 Å². The number of nitro benzene ring substituents is 1. The van der Waals surface area contributed by atoms with Crippen LogP contribution in [0.15, 0.2) is 46.0 Å². The van der Waals surface area contributed by atoms with Gasteiger partial charge in [0, 0.05) is 45.0 Å². The molecule has 0 saturated heterocycles. The van der Waals surface area contributed by atoms with E-state index in [4.69, 9.17) is 0 Å². The van der Waals surface area contributed by atoms with Crippen LogP contribution in [-0.2, 0) is 14.1 Å². The van der Waals surface area contributed by atoms with Gasteiger partial charge < -0.3 is 10.6 Å². The summed E-state index contributed by atoms with van der Waals surface area (Å²) in [5.74, 6) is -0.453. The number of hydrogen-bond acceptors (Lipinski definition) is 7. The lowest BCUT2D eigenvalue weighted by atomic mass is 10.2. The van der Waals surface area contributed by atoms with E-state index < -0.39 is 22.1 Å². The van der Waals surface area contributed by atoms with Crippen LogP contribution in [-0.4, -0.2) is 38.0 Å². The number of aromatic nitrogens is 3. The molecule has 2 aromatic heterocycles. The normalized spacial score (nSPS) is 10.7. The Labute approximate surface area is 163 Å². The molecule has 150 valence electrons. The van der Waals surface area contributed by atoms with E-state index in [1.165, 1.54) is 42.9 Å². The summed E-state index contributed by atoms with van der Waals surface area (Å²) < 4.78 is 2.19. The number of hydrogen-bond donors (Lipinski definition) is 2. The van der Waals surface area contributed by atoms with Crippen LogP contribution in [0.3, 0.4) is 0 Å². The Morgan fingerprint density at radius 3 is 2.41 bits per heavy atom. The average molecular weight is 398 g/mol. The third-order valence-corrected chi connectivity index (χ3v) is 4.35. The summed E-state index contributed by atoms with van der Waals surface area (Å²) in [7, 11) is 2.86. The van der Waals surface area contributed by atoms with E-state index >= 15 is 0 Å². The first-order valence-corrected chi connectivity index (χ1v) is 8.63. The minimum absolute atomic E-state index is 0.00420. The van der Waals surface area contributed by atoms with Crippen LogP contribution in [0.5, 0.6) is 0 Å². The van der Waals surface area contributed by atoms with Crippen molar-refractivity contribution in [1.29, 1.82) is 0 Å². The van der Waals surface area contributed by atoms with E-state index in [0.717, 1.165) is 4.57 Å². The van der Waals surface area contributed by atoms with E-state index in [2.05, 4.69) is 15.6 Å². The van der Waals surface area contributed by atoms with Gasteiger partial charge in [-0.25, -0.2) is 9.78 Å². The van der Waals surface area contributed by atoms with Gasteiger partial charge in [-0.3, -0.25) is 28.8 Å². The van der Waals surface area contributed by atoms with Gasteiger partial charge in [0.15, 0.2) is 0 Å². The number of nitrogens with one attached hydrogen (secondary N) is 2. The van der Waals surface area contributed by atoms with E-state index in [-0.39, 0.29) is 29.0 Å². The number of carbonyl (C=O) groups excluding carboxylic acids is 1. The van der Waals surface area contributed by atoms with Crippen LogP contribution in [0.25, 0.3) is 11.0 Å². The number of rotatable bonds is 6. The fraction of sp³-hybridized carbons (Fsp3) is 0.222. The summed E-state index contributed by atoms with van der Waals surface area (Å²) in [5, 5.41) is 16.6. The summed E-state index contributed by atoms with van der Waals surface area (Å²) in [5.41, 5.74) is -0.115. The van der Waals surface area contributed by atoms with Gasteiger partial charge in [0.05, 0.1) is 10.3 Å². The lowest BCUT2D eigenvalue weighted by molar-refractivity contribution is -0.384. The maximum absolute atomic E-state index is 12.3. The van der Waals surface area contributed by atoms with Crippen LogP contribution in [0.2, 0.25) is 0 Å². The largest absolute Gasteiger partial charge is 0.383 e. The van der Waals surface area contributed by atoms with Crippen molar-refractivity contribution >= 4 is 28.3 Å².